The van der Waals surface area contributed by atoms with E-state index in [-0.39, 0.29) is 18.5 Å². The minimum absolute atomic E-state index is 0.0188. The lowest BCUT2D eigenvalue weighted by Crippen LogP contribution is -2.23. The molecule has 0 saturated carbocycles. The van der Waals surface area contributed by atoms with Crippen molar-refractivity contribution in [3.05, 3.63) is 89.5 Å². The lowest BCUT2D eigenvalue weighted by Gasteiger charge is -2.16. The van der Waals surface area contributed by atoms with Gasteiger partial charge in [0.05, 0.1) is 0 Å². The summed E-state index contributed by atoms with van der Waals surface area (Å²) >= 11 is 0. The van der Waals surface area contributed by atoms with Gasteiger partial charge in [-0.2, -0.15) is 0 Å². The normalized spacial score (nSPS) is 14.4. The molecule has 2 aliphatic rings. The number of rotatable bonds is 3. The zero-order valence-corrected chi connectivity index (χ0v) is 16.5. The topological polar surface area (TPSA) is 51.7 Å². The van der Waals surface area contributed by atoms with Crippen LogP contribution in [0.1, 0.15) is 21.5 Å². The summed E-state index contributed by atoms with van der Waals surface area (Å²) in [6, 6.07) is 16.0. The average molecular weight is 412 g/mol. The monoisotopic (exact) mass is 412 g/mol. The first-order valence-electron chi connectivity index (χ1n) is 10.0. The molecule has 0 atom stereocenters. The van der Waals surface area contributed by atoms with Gasteiger partial charge >= 0.3 is 0 Å². The molecule has 0 bridgehead atoms. The van der Waals surface area contributed by atoms with E-state index in [1.807, 2.05) is 35.2 Å². The summed E-state index contributed by atoms with van der Waals surface area (Å²) in [5.41, 5.74) is 4.42. The highest BCUT2D eigenvalue weighted by molar-refractivity contribution is 6.09. The number of hydrogen-bond acceptors (Lipinski definition) is 4. The molecule has 0 radical (unpaired) electrons. The summed E-state index contributed by atoms with van der Waals surface area (Å²) in [5.74, 6) is 1.02. The van der Waals surface area contributed by atoms with E-state index in [4.69, 9.17) is 9.47 Å². The number of hydrogen-bond donors (Lipinski definition) is 0. The largest absolute Gasteiger partial charge is 0.454 e. The van der Waals surface area contributed by atoms with Gasteiger partial charge in [0.1, 0.15) is 5.82 Å². The molecule has 6 rings (SSSR count). The van der Waals surface area contributed by atoms with Crippen molar-refractivity contribution in [3.8, 4) is 22.6 Å². The molecule has 1 aromatic heterocycles. The maximum absolute atomic E-state index is 13.6. The number of carbonyl (C=O) groups is 1. The van der Waals surface area contributed by atoms with Crippen LogP contribution in [0.2, 0.25) is 0 Å². The molecule has 0 unspecified atom stereocenters. The number of fused-ring (bicyclic) bond motifs is 3. The van der Waals surface area contributed by atoms with Gasteiger partial charge in [-0.25, -0.2) is 4.39 Å². The van der Waals surface area contributed by atoms with Crippen molar-refractivity contribution in [2.45, 2.75) is 13.1 Å². The van der Waals surface area contributed by atoms with Crippen molar-refractivity contribution in [1.82, 2.24) is 9.88 Å². The first-order chi connectivity index (χ1) is 15.2. The summed E-state index contributed by atoms with van der Waals surface area (Å²) in [5, 5.41) is 1.84. The number of halogens is 1. The third-order valence-electron chi connectivity index (χ3n) is 5.86. The van der Waals surface area contributed by atoms with Crippen LogP contribution in [0.5, 0.6) is 11.5 Å². The summed E-state index contributed by atoms with van der Waals surface area (Å²) in [4.78, 5) is 19.2. The fourth-order valence-electron chi connectivity index (χ4n) is 4.40. The van der Waals surface area contributed by atoms with Crippen LogP contribution < -0.4 is 9.47 Å². The van der Waals surface area contributed by atoms with E-state index >= 15 is 0 Å². The standard InChI is InChI=1S/C25H17FN2O3/c26-18-3-1-16(2-4-18)24-19-11-23-22(30-14-31-23)10-17(19)9-20-21(24)13-28(25(20)29)12-15-5-7-27-8-6-15/h1-11H,12-14H2. The fraction of sp³-hybridized carbons (Fsp3) is 0.120. The number of benzene rings is 3. The molecule has 2 aliphatic heterocycles. The third kappa shape index (κ3) is 2.91. The van der Waals surface area contributed by atoms with E-state index in [0.717, 1.165) is 33.0 Å². The Morgan fingerprint density at radius 3 is 2.48 bits per heavy atom. The van der Waals surface area contributed by atoms with E-state index in [1.165, 1.54) is 12.1 Å². The molecule has 31 heavy (non-hydrogen) atoms. The van der Waals surface area contributed by atoms with Crippen LogP contribution in [0.3, 0.4) is 0 Å². The first kappa shape index (κ1) is 17.9. The molecule has 0 saturated heterocycles. The molecule has 4 aromatic rings. The van der Waals surface area contributed by atoms with Crippen LogP contribution in [-0.4, -0.2) is 22.6 Å². The van der Waals surface area contributed by atoms with Crippen molar-refractivity contribution < 1.29 is 18.7 Å². The SMILES string of the molecule is O=C1c2cc3cc4c(cc3c(-c3ccc(F)cc3)c2CN1Cc1ccncc1)OCO4. The smallest absolute Gasteiger partial charge is 0.254 e. The molecule has 152 valence electrons. The number of aromatic nitrogens is 1. The molecular weight excluding hydrogens is 395 g/mol. The van der Waals surface area contributed by atoms with Crippen LogP contribution in [0.15, 0.2) is 67.0 Å². The van der Waals surface area contributed by atoms with Gasteiger partial charge in [0.15, 0.2) is 11.5 Å². The summed E-state index contributed by atoms with van der Waals surface area (Å²) < 4.78 is 24.8. The molecule has 0 fully saturated rings. The second kappa shape index (κ2) is 6.80. The van der Waals surface area contributed by atoms with Gasteiger partial charge in [-0.05, 0) is 75.5 Å². The van der Waals surface area contributed by atoms with Gasteiger partial charge in [0, 0.05) is 31.0 Å². The Balaban J connectivity index is 1.54. The van der Waals surface area contributed by atoms with E-state index in [0.29, 0.717) is 30.2 Å². The lowest BCUT2D eigenvalue weighted by atomic mass is 9.90. The zero-order chi connectivity index (χ0) is 20.9. The van der Waals surface area contributed by atoms with Crippen LogP contribution in [0.4, 0.5) is 4.39 Å². The predicted molar refractivity (Wildman–Crippen MR) is 113 cm³/mol. The van der Waals surface area contributed by atoms with Crippen molar-refractivity contribution in [2.75, 3.05) is 6.79 Å². The number of pyridine rings is 1. The van der Waals surface area contributed by atoms with Gasteiger partial charge in [-0.1, -0.05) is 12.1 Å². The number of nitrogens with zero attached hydrogens (tertiary/aromatic N) is 2. The van der Waals surface area contributed by atoms with Gasteiger partial charge in [0.25, 0.3) is 5.91 Å². The Kier molecular flexibility index (Phi) is 3.93. The van der Waals surface area contributed by atoms with Gasteiger partial charge in [-0.15, -0.1) is 0 Å². The quantitative estimate of drug-likeness (QED) is 0.479. The van der Waals surface area contributed by atoms with E-state index in [1.54, 1.807) is 24.5 Å². The summed E-state index contributed by atoms with van der Waals surface area (Å²) in [7, 11) is 0. The van der Waals surface area contributed by atoms with E-state index in [2.05, 4.69) is 4.98 Å². The Morgan fingerprint density at radius 1 is 0.968 bits per heavy atom. The highest BCUT2D eigenvalue weighted by Crippen LogP contribution is 2.44. The minimum Gasteiger partial charge on any atom is -0.454 e. The molecule has 0 aliphatic carbocycles. The summed E-state index contributed by atoms with van der Waals surface area (Å²) in [6.45, 7) is 1.15. The Morgan fingerprint density at radius 2 is 1.71 bits per heavy atom. The van der Waals surface area contributed by atoms with Crippen molar-refractivity contribution >= 4 is 16.7 Å². The Bertz CT molecular complexity index is 1340. The number of carbonyl (C=O) groups excluding carboxylic acids is 1. The molecule has 0 N–H and O–H groups in total. The fourth-order valence-corrected chi connectivity index (χ4v) is 4.40. The van der Waals surface area contributed by atoms with Crippen molar-refractivity contribution in [2.24, 2.45) is 0 Å². The van der Waals surface area contributed by atoms with Crippen molar-refractivity contribution in [1.29, 1.82) is 0 Å². The molecule has 0 spiro atoms. The van der Waals surface area contributed by atoms with E-state index < -0.39 is 0 Å². The Hall–Kier alpha value is -3.93. The van der Waals surface area contributed by atoms with Gasteiger partial charge in [-0.3, -0.25) is 9.78 Å². The molecule has 3 heterocycles. The van der Waals surface area contributed by atoms with Crippen LogP contribution >= 0.6 is 0 Å². The summed E-state index contributed by atoms with van der Waals surface area (Å²) in [6.07, 6.45) is 3.45. The third-order valence-corrected chi connectivity index (χ3v) is 5.86. The zero-order valence-electron chi connectivity index (χ0n) is 16.5. The molecular formula is C25H17FN2O3. The molecule has 6 heteroatoms. The molecule has 3 aromatic carbocycles. The maximum Gasteiger partial charge on any atom is 0.254 e. The number of ether oxygens (including phenoxy) is 2. The van der Waals surface area contributed by atoms with Crippen molar-refractivity contribution in [3.63, 3.8) is 0 Å². The van der Waals surface area contributed by atoms with Crippen LogP contribution in [0.25, 0.3) is 21.9 Å². The highest BCUT2D eigenvalue weighted by atomic mass is 19.1. The van der Waals surface area contributed by atoms with Gasteiger partial charge in [0.2, 0.25) is 6.79 Å². The van der Waals surface area contributed by atoms with E-state index in [9.17, 15) is 9.18 Å². The maximum atomic E-state index is 13.6. The second-order valence-corrected chi connectivity index (χ2v) is 7.73. The molecule has 1 amide bonds. The first-order valence-corrected chi connectivity index (χ1v) is 10.0. The lowest BCUT2D eigenvalue weighted by molar-refractivity contribution is 0.0767. The number of amides is 1. The second-order valence-electron chi connectivity index (χ2n) is 7.73. The van der Waals surface area contributed by atoms with Gasteiger partial charge < -0.3 is 14.4 Å². The predicted octanol–water partition coefficient (Wildman–Crippen LogP) is 4.93. The average Bonchev–Trinajstić information content (AvgIpc) is 3.36. The minimum atomic E-state index is -0.298. The van der Waals surface area contributed by atoms with Crippen LogP contribution in [0, 0.1) is 5.82 Å². The Labute approximate surface area is 177 Å². The van der Waals surface area contributed by atoms with Crippen LogP contribution in [-0.2, 0) is 13.1 Å². The molecule has 5 nitrogen and oxygen atoms in total. The highest BCUT2D eigenvalue weighted by Gasteiger charge is 2.32.